The highest BCUT2D eigenvalue weighted by Crippen LogP contribution is 2.34. The van der Waals surface area contributed by atoms with Crippen LogP contribution in [0.15, 0.2) is 24.3 Å². The van der Waals surface area contributed by atoms with Gasteiger partial charge in [0.15, 0.2) is 6.61 Å². The topological polar surface area (TPSA) is 96.0 Å². The van der Waals surface area contributed by atoms with E-state index in [9.17, 15) is 23.6 Å². The van der Waals surface area contributed by atoms with Gasteiger partial charge in [-0.05, 0) is 37.5 Å². The molecule has 1 saturated carbocycles. The Morgan fingerprint density at radius 2 is 2.00 bits per heavy atom. The van der Waals surface area contributed by atoms with Gasteiger partial charge in [0.05, 0.1) is 0 Å². The maximum atomic E-state index is 13.3. The first-order valence-corrected chi connectivity index (χ1v) is 9.66. The number of halogens is 1. The lowest BCUT2D eigenvalue weighted by Gasteiger charge is -2.21. The maximum Gasteiger partial charge on any atom is 0.326 e. The van der Waals surface area contributed by atoms with Gasteiger partial charge in [-0.2, -0.15) is 0 Å². The first kappa shape index (κ1) is 20.8. The van der Waals surface area contributed by atoms with Gasteiger partial charge in [0.25, 0.3) is 11.8 Å². The predicted octanol–water partition coefficient (Wildman–Crippen LogP) is 1.58. The second kappa shape index (κ2) is 8.59. The predicted molar refractivity (Wildman–Crippen MR) is 99.9 cm³/mol. The average molecular weight is 405 g/mol. The molecule has 1 spiro atoms. The van der Waals surface area contributed by atoms with Crippen LogP contribution in [0.2, 0.25) is 0 Å². The number of nitrogens with one attached hydrogen (secondary N) is 1. The lowest BCUT2D eigenvalue weighted by molar-refractivity contribution is -0.154. The van der Waals surface area contributed by atoms with Crippen LogP contribution < -0.4 is 5.32 Å². The zero-order valence-corrected chi connectivity index (χ0v) is 16.3. The van der Waals surface area contributed by atoms with Gasteiger partial charge in [-0.1, -0.05) is 25.0 Å². The molecule has 2 aliphatic rings. The zero-order chi connectivity index (χ0) is 21.0. The Hall–Kier alpha value is -2.97. The summed E-state index contributed by atoms with van der Waals surface area (Å²) in [5.41, 5.74) is -0.273. The van der Waals surface area contributed by atoms with Crippen molar-refractivity contribution >= 4 is 23.8 Å². The molecule has 1 saturated heterocycles. The van der Waals surface area contributed by atoms with E-state index in [2.05, 4.69) is 5.32 Å². The zero-order valence-electron chi connectivity index (χ0n) is 16.3. The Labute approximate surface area is 168 Å². The smallest absolute Gasteiger partial charge is 0.326 e. The molecule has 0 bridgehead atoms. The van der Waals surface area contributed by atoms with Gasteiger partial charge >= 0.3 is 12.0 Å². The largest absolute Gasteiger partial charge is 0.454 e. The van der Waals surface area contributed by atoms with Crippen LogP contribution in [0.25, 0.3) is 0 Å². The molecule has 1 aliphatic carbocycles. The highest BCUT2D eigenvalue weighted by atomic mass is 19.1. The lowest BCUT2D eigenvalue weighted by atomic mass is 9.98. The van der Waals surface area contributed by atoms with Crippen molar-refractivity contribution in [1.29, 1.82) is 0 Å². The standard InChI is InChI=1S/C20H24FN3O5/c1-2-23(11-14-6-5-7-15(21)10-14)16(25)13-29-17(26)12-24-18(27)20(22-19(24)28)8-3-4-9-20/h5-7,10H,2-4,8-9,11-13H2,1H3,(H,22,28). The number of amides is 4. The Balaban J connectivity index is 1.51. The van der Waals surface area contributed by atoms with Crippen molar-refractivity contribution in [2.45, 2.75) is 44.7 Å². The number of hydrogen-bond acceptors (Lipinski definition) is 5. The molecule has 1 aromatic rings. The average Bonchev–Trinajstić information content (AvgIpc) is 3.25. The van der Waals surface area contributed by atoms with E-state index in [0.29, 0.717) is 24.9 Å². The van der Waals surface area contributed by atoms with Crippen LogP contribution in [0.4, 0.5) is 9.18 Å². The molecule has 1 N–H and O–H groups in total. The number of ether oxygens (including phenoxy) is 1. The molecule has 1 heterocycles. The number of urea groups is 1. The summed E-state index contributed by atoms with van der Waals surface area (Å²) in [6.45, 7) is 1.24. The van der Waals surface area contributed by atoms with Gasteiger partial charge in [-0.25, -0.2) is 9.18 Å². The van der Waals surface area contributed by atoms with Crippen LogP contribution in [0.5, 0.6) is 0 Å². The van der Waals surface area contributed by atoms with Gasteiger partial charge in [0, 0.05) is 13.1 Å². The monoisotopic (exact) mass is 405 g/mol. The highest BCUT2D eigenvalue weighted by molar-refractivity contribution is 6.08. The molecule has 0 radical (unpaired) electrons. The van der Waals surface area contributed by atoms with Crippen LogP contribution in [0.1, 0.15) is 38.2 Å². The molecule has 1 aliphatic heterocycles. The van der Waals surface area contributed by atoms with E-state index >= 15 is 0 Å². The number of rotatable bonds is 7. The summed E-state index contributed by atoms with van der Waals surface area (Å²) in [6.07, 6.45) is 2.81. The molecule has 0 aromatic heterocycles. The molecule has 4 amide bonds. The molecule has 29 heavy (non-hydrogen) atoms. The molecule has 0 unspecified atom stereocenters. The fraction of sp³-hybridized carbons (Fsp3) is 0.500. The number of carbonyl (C=O) groups excluding carboxylic acids is 4. The van der Waals surface area contributed by atoms with Gasteiger partial charge < -0.3 is 15.0 Å². The number of esters is 1. The molecule has 0 atom stereocenters. The molecule has 8 nitrogen and oxygen atoms in total. The second-order valence-electron chi connectivity index (χ2n) is 7.31. The third-order valence-electron chi connectivity index (χ3n) is 5.34. The number of benzene rings is 1. The summed E-state index contributed by atoms with van der Waals surface area (Å²) in [5, 5.41) is 2.68. The van der Waals surface area contributed by atoms with Crippen molar-refractivity contribution in [3.8, 4) is 0 Å². The van der Waals surface area contributed by atoms with Crippen LogP contribution in [-0.2, 0) is 25.7 Å². The molecule has 1 aromatic carbocycles. The minimum Gasteiger partial charge on any atom is -0.454 e. The third kappa shape index (κ3) is 4.55. The van der Waals surface area contributed by atoms with Crippen LogP contribution in [0.3, 0.4) is 0 Å². The fourth-order valence-electron chi connectivity index (χ4n) is 3.78. The number of likely N-dealkylation sites (N-methyl/N-ethyl adjacent to an activating group) is 1. The van der Waals surface area contributed by atoms with Gasteiger partial charge in [-0.15, -0.1) is 0 Å². The number of nitrogens with zero attached hydrogens (tertiary/aromatic N) is 2. The first-order valence-electron chi connectivity index (χ1n) is 9.66. The highest BCUT2D eigenvalue weighted by Gasteiger charge is 2.52. The van der Waals surface area contributed by atoms with E-state index in [0.717, 1.165) is 17.7 Å². The Kier molecular flexibility index (Phi) is 6.14. The molecule has 156 valence electrons. The quantitative estimate of drug-likeness (QED) is 0.549. The van der Waals surface area contributed by atoms with Crippen molar-refractivity contribution in [2.75, 3.05) is 19.7 Å². The molecular weight excluding hydrogens is 381 g/mol. The van der Waals surface area contributed by atoms with E-state index < -0.39 is 48.3 Å². The van der Waals surface area contributed by atoms with Crippen molar-refractivity contribution in [2.24, 2.45) is 0 Å². The first-order chi connectivity index (χ1) is 13.8. The summed E-state index contributed by atoms with van der Waals surface area (Å²) < 4.78 is 18.3. The summed E-state index contributed by atoms with van der Waals surface area (Å²) in [4.78, 5) is 51.3. The fourth-order valence-corrected chi connectivity index (χ4v) is 3.78. The minimum atomic E-state index is -0.892. The number of hydrogen-bond donors (Lipinski definition) is 1. The number of imide groups is 1. The summed E-state index contributed by atoms with van der Waals surface area (Å²) in [6, 6.07) is 5.29. The van der Waals surface area contributed by atoms with Gasteiger partial charge in [-0.3, -0.25) is 19.3 Å². The van der Waals surface area contributed by atoms with E-state index in [1.54, 1.807) is 19.1 Å². The van der Waals surface area contributed by atoms with Crippen LogP contribution in [-0.4, -0.2) is 58.8 Å². The number of carbonyl (C=O) groups is 4. The van der Waals surface area contributed by atoms with Gasteiger partial charge in [0.2, 0.25) is 0 Å². The van der Waals surface area contributed by atoms with Crippen molar-refractivity contribution in [1.82, 2.24) is 15.1 Å². The summed E-state index contributed by atoms with van der Waals surface area (Å²) >= 11 is 0. The molecule has 2 fully saturated rings. The van der Waals surface area contributed by atoms with E-state index in [1.807, 2.05) is 0 Å². The molecular formula is C20H24FN3O5. The van der Waals surface area contributed by atoms with E-state index in [1.165, 1.54) is 17.0 Å². The maximum absolute atomic E-state index is 13.3. The second-order valence-corrected chi connectivity index (χ2v) is 7.31. The lowest BCUT2D eigenvalue weighted by Crippen LogP contribution is -2.44. The van der Waals surface area contributed by atoms with Gasteiger partial charge in [0.1, 0.15) is 17.9 Å². The van der Waals surface area contributed by atoms with E-state index in [-0.39, 0.29) is 6.54 Å². The minimum absolute atomic E-state index is 0.181. The summed E-state index contributed by atoms with van der Waals surface area (Å²) in [5.74, 6) is -2.09. The summed E-state index contributed by atoms with van der Waals surface area (Å²) in [7, 11) is 0. The molecule has 3 rings (SSSR count). The van der Waals surface area contributed by atoms with Crippen molar-refractivity contribution in [3.63, 3.8) is 0 Å². The van der Waals surface area contributed by atoms with Crippen molar-refractivity contribution in [3.05, 3.63) is 35.6 Å². The van der Waals surface area contributed by atoms with Crippen LogP contribution >= 0.6 is 0 Å². The normalized spacial score (nSPS) is 17.5. The van der Waals surface area contributed by atoms with Crippen LogP contribution in [0, 0.1) is 5.82 Å². The Morgan fingerprint density at radius 3 is 2.66 bits per heavy atom. The molecule has 9 heteroatoms. The van der Waals surface area contributed by atoms with Crippen molar-refractivity contribution < 1.29 is 28.3 Å². The third-order valence-corrected chi connectivity index (χ3v) is 5.34. The van der Waals surface area contributed by atoms with E-state index in [4.69, 9.17) is 4.74 Å². The Bertz CT molecular complexity index is 822. The SMILES string of the molecule is CCN(Cc1cccc(F)c1)C(=O)COC(=O)CN1C(=O)NC2(CCCC2)C1=O. The Morgan fingerprint density at radius 1 is 1.28 bits per heavy atom.